The maximum Gasteiger partial charge on any atom is 0.228 e. The van der Waals surface area contributed by atoms with Gasteiger partial charge in [-0.2, -0.15) is 5.26 Å². The summed E-state index contributed by atoms with van der Waals surface area (Å²) in [6.07, 6.45) is 3.60. The van der Waals surface area contributed by atoms with Crippen molar-refractivity contribution < 1.29 is 4.79 Å². The molecule has 4 nitrogen and oxygen atoms in total. The summed E-state index contributed by atoms with van der Waals surface area (Å²) in [7, 11) is 0. The van der Waals surface area contributed by atoms with Crippen molar-refractivity contribution in [2.75, 3.05) is 5.32 Å². The molecule has 1 heterocycles. The third-order valence-electron chi connectivity index (χ3n) is 3.28. The van der Waals surface area contributed by atoms with E-state index in [-0.39, 0.29) is 11.8 Å². The second kappa shape index (κ2) is 7.37. The van der Waals surface area contributed by atoms with E-state index in [1.54, 1.807) is 12.3 Å². The van der Waals surface area contributed by atoms with E-state index in [2.05, 4.69) is 16.4 Å². The van der Waals surface area contributed by atoms with Gasteiger partial charge in [-0.25, -0.2) is 4.98 Å². The minimum atomic E-state index is 0.0421. The molecule has 3 rings (SSSR count). The molecule has 0 saturated heterocycles. The Bertz CT molecular complexity index is 699. The largest absolute Gasteiger partial charge is 0.310 e. The van der Waals surface area contributed by atoms with Crippen LogP contribution in [0.3, 0.4) is 0 Å². The maximum atomic E-state index is 11.7. The predicted molar refractivity (Wildman–Crippen MR) is 87.1 cm³/mol. The molecule has 0 bridgehead atoms. The molecule has 1 aliphatic rings. The number of hydrogen-bond acceptors (Lipinski definition) is 3. The Kier molecular flexibility index (Phi) is 5.26. The van der Waals surface area contributed by atoms with Gasteiger partial charge >= 0.3 is 0 Å². The molecule has 0 unspecified atom stereocenters. The van der Waals surface area contributed by atoms with Gasteiger partial charge in [-0.05, 0) is 48.2 Å². The van der Waals surface area contributed by atoms with Gasteiger partial charge in [-0.3, -0.25) is 4.79 Å². The van der Waals surface area contributed by atoms with Crippen LogP contribution in [0.5, 0.6) is 0 Å². The van der Waals surface area contributed by atoms with Crippen LogP contribution in [0.1, 0.15) is 32.3 Å². The minimum Gasteiger partial charge on any atom is -0.310 e. The molecule has 1 fully saturated rings. The summed E-state index contributed by atoms with van der Waals surface area (Å²) in [6.45, 7) is 4.00. The van der Waals surface area contributed by atoms with E-state index >= 15 is 0 Å². The first kappa shape index (κ1) is 15.7. The van der Waals surface area contributed by atoms with Gasteiger partial charge in [0.05, 0.1) is 11.6 Å². The first-order valence-corrected chi connectivity index (χ1v) is 7.54. The number of aromatic nitrogens is 1. The van der Waals surface area contributed by atoms with Crippen LogP contribution in [-0.2, 0) is 4.79 Å². The molecule has 0 atom stereocenters. The third-order valence-corrected chi connectivity index (χ3v) is 3.28. The van der Waals surface area contributed by atoms with Gasteiger partial charge in [-0.15, -0.1) is 0 Å². The van der Waals surface area contributed by atoms with Crippen molar-refractivity contribution in [3.8, 4) is 17.2 Å². The number of hydrogen-bond donors (Lipinski definition) is 1. The summed E-state index contributed by atoms with van der Waals surface area (Å²) in [5.41, 5.74) is 2.49. The number of rotatable bonds is 3. The van der Waals surface area contributed by atoms with Crippen molar-refractivity contribution in [2.24, 2.45) is 5.92 Å². The maximum absolute atomic E-state index is 11.7. The SMILES string of the molecule is CC.N#Cc1cccc(-c2ccnc(NC(=O)C3CC3)c2)c1. The van der Waals surface area contributed by atoms with Crippen LogP contribution < -0.4 is 5.32 Å². The molecule has 1 saturated carbocycles. The molecular formula is C18H19N3O. The number of anilines is 1. The molecule has 0 radical (unpaired) electrons. The number of nitrogens with zero attached hydrogens (tertiary/aromatic N) is 2. The first-order valence-electron chi connectivity index (χ1n) is 7.54. The fraction of sp³-hybridized carbons (Fsp3) is 0.278. The highest BCUT2D eigenvalue weighted by Gasteiger charge is 2.29. The smallest absolute Gasteiger partial charge is 0.228 e. The number of nitrogens with one attached hydrogen (secondary N) is 1. The van der Waals surface area contributed by atoms with Crippen molar-refractivity contribution in [1.29, 1.82) is 5.26 Å². The third kappa shape index (κ3) is 3.92. The van der Waals surface area contributed by atoms with E-state index in [0.29, 0.717) is 11.4 Å². The molecule has 1 amide bonds. The lowest BCUT2D eigenvalue weighted by Crippen LogP contribution is -2.14. The second-order valence-corrected chi connectivity index (χ2v) is 4.89. The molecule has 1 aliphatic carbocycles. The molecular weight excluding hydrogens is 274 g/mol. The fourth-order valence-electron chi connectivity index (χ4n) is 2.02. The van der Waals surface area contributed by atoms with Gasteiger partial charge < -0.3 is 5.32 Å². The van der Waals surface area contributed by atoms with Gasteiger partial charge in [0.1, 0.15) is 5.82 Å². The summed E-state index contributed by atoms with van der Waals surface area (Å²) in [4.78, 5) is 15.9. The van der Waals surface area contributed by atoms with Crippen molar-refractivity contribution in [1.82, 2.24) is 4.98 Å². The van der Waals surface area contributed by atoms with E-state index in [9.17, 15) is 4.79 Å². The highest BCUT2D eigenvalue weighted by atomic mass is 16.2. The Morgan fingerprint density at radius 1 is 1.23 bits per heavy atom. The van der Waals surface area contributed by atoms with Crippen LogP contribution >= 0.6 is 0 Å². The van der Waals surface area contributed by atoms with E-state index in [1.165, 1.54) is 0 Å². The number of amides is 1. The van der Waals surface area contributed by atoms with Crippen molar-refractivity contribution in [3.63, 3.8) is 0 Å². The summed E-state index contributed by atoms with van der Waals surface area (Å²) >= 11 is 0. The normalized spacial score (nSPS) is 12.6. The molecule has 112 valence electrons. The van der Waals surface area contributed by atoms with Crippen molar-refractivity contribution >= 4 is 11.7 Å². The molecule has 0 aliphatic heterocycles. The fourth-order valence-corrected chi connectivity index (χ4v) is 2.02. The lowest BCUT2D eigenvalue weighted by Gasteiger charge is -2.06. The van der Waals surface area contributed by atoms with Crippen LogP contribution in [0.4, 0.5) is 5.82 Å². The zero-order chi connectivity index (χ0) is 15.9. The minimum absolute atomic E-state index is 0.0421. The second-order valence-electron chi connectivity index (χ2n) is 4.89. The van der Waals surface area contributed by atoms with Gasteiger partial charge in [0.15, 0.2) is 0 Å². The predicted octanol–water partition coefficient (Wildman–Crippen LogP) is 3.99. The molecule has 22 heavy (non-hydrogen) atoms. The number of nitriles is 1. The van der Waals surface area contributed by atoms with Crippen LogP contribution in [0.25, 0.3) is 11.1 Å². The Balaban J connectivity index is 0.000000847. The standard InChI is InChI=1S/C16H13N3O.C2H6/c17-10-11-2-1-3-13(8-11)14-6-7-18-15(9-14)19-16(20)12-4-5-12;1-2/h1-3,6-9,12H,4-5H2,(H,18,19,20);1-2H3. The topological polar surface area (TPSA) is 65.8 Å². The monoisotopic (exact) mass is 293 g/mol. The quantitative estimate of drug-likeness (QED) is 0.930. The van der Waals surface area contributed by atoms with E-state index in [1.807, 2.05) is 44.2 Å². The molecule has 2 aromatic rings. The zero-order valence-electron chi connectivity index (χ0n) is 12.8. The molecule has 1 aromatic heterocycles. The highest BCUT2D eigenvalue weighted by Crippen LogP contribution is 2.30. The van der Waals surface area contributed by atoms with Gasteiger partial charge in [-0.1, -0.05) is 26.0 Å². The Morgan fingerprint density at radius 3 is 2.64 bits per heavy atom. The number of carbonyl (C=O) groups is 1. The Labute approximate surface area is 130 Å². The van der Waals surface area contributed by atoms with Crippen LogP contribution in [0.15, 0.2) is 42.6 Å². The summed E-state index contributed by atoms with van der Waals surface area (Å²) in [5, 5.41) is 11.8. The Hall–Kier alpha value is -2.67. The first-order chi connectivity index (χ1) is 10.8. The van der Waals surface area contributed by atoms with Gasteiger partial charge in [0.2, 0.25) is 5.91 Å². The van der Waals surface area contributed by atoms with Gasteiger partial charge in [0, 0.05) is 12.1 Å². The van der Waals surface area contributed by atoms with Crippen LogP contribution in [-0.4, -0.2) is 10.9 Å². The summed E-state index contributed by atoms with van der Waals surface area (Å²) in [6, 6.07) is 13.2. The van der Waals surface area contributed by atoms with Crippen LogP contribution in [0, 0.1) is 17.2 Å². The summed E-state index contributed by atoms with van der Waals surface area (Å²) in [5.74, 6) is 0.754. The molecule has 0 spiro atoms. The lowest BCUT2D eigenvalue weighted by atomic mass is 10.0. The van der Waals surface area contributed by atoms with Gasteiger partial charge in [0.25, 0.3) is 0 Å². The van der Waals surface area contributed by atoms with E-state index in [0.717, 1.165) is 24.0 Å². The van der Waals surface area contributed by atoms with E-state index in [4.69, 9.17) is 5.26 Å². The Morgan fingerprint density at radius 2 is 1.95 bits per heavy atom. The van der Waals surface area contributed by atoms with Crippen molar-refractivity contribution in [3.05, 3.63) is 48.2 Å². The highest BCUT2D eigenvalue weighted by molar-refractivity contribution is 5.93. The number of pyridine rings is 1. The number of carbonyl (C=O) groups excluding carboxylic acids is 1. The lowest BCUT2D eigenvalue weighted by molar-refractivity contribution is -0.117. The molecule has 4 heteroatoms. The molecule has 1 aromatic carbocycles. The number of benzene rings is 1. The van der Waals surface area contributed by atoms with Crippen molar-refractivity contribution in [2.45, 2.75) is 26.7 Å². The average molecular weight is 293 g/mol. The summed E-state index contributed by atoms with van der Waals surface area (Å²) < 4.78 is 0. The average Bonchev–Trinajstić information content (AvgIpc) is 3.42. The zero-order valence-corrected chi connectivity index (χ0v) is 12.8. The van der Waals surface area contributed by atoms with E-state index < -0.39 is 0 Å². The van der Waals surface area contributed by atoms with Crippen LogP contribution in [0.2, 0.25) is 0 Å². The molecule has 1 N–H and O–H groups in total.